The van der Waals surface area contributed by atoms with Crippen LogP contribution < -0.4 is 33.7 Å². The SMILES string of the molecule is CC(C)c1cccc(C(C)C)c1N1C=[N+](c2c(C(C)C)cccc2C(C)C)CC1.Clc1ccccc1Cl.Nc1ccc(-c2ccccc2)cc1.[Cl-].c1ccc(-c2ccc(Nc3ccccc3Nc3ccc(-c4ccccc4)cc3)cc2)cc1. The van der Waals surface area contributed by atoms with Gasteiger partial charge >= 0.3 is 0 Å². The number of hydrogen-bond acceptors (Lipinski definition) is 4. The molecule has 0 aromatic heterocycles. The Hall–Kier alpha value is -8.06. The first kappa shape index (κ1) is 62.5. The van der Waals surface area contributed by atoms with Gasteiger partial charge in [0.2, 0.25) is 6.34 Å². The van der Waals surface area contributed by atoms with Crippen molar-refractivity contribution in [2.75, 3.05) is 34.4 Å². The van der Waals surface area contributed by atoms with Gasteiger partial charge in [0.05, 0.1) is 21.4 Å². The van der Waals surface area contributed by atoms with Crippen LogP contribution in [0.4, 0.5) is 39.8 Å². The molecular weight excluding hydrogens is 1080 g/mol. The minimum absolute atomic E-state index is 0. The highest BCUT2D eigenvalue weighted by molar-refractivity contribution is 6.41. The monoisotopic (exact) mass is 1150 g/mol. The third kappa shape index (κ3) is 17.3. The summed E-state index contributed by atoms with van der Waals surface area (Å²) in [4.78, 5) is 2.51. The van der Waals surface area contributed by atoms with Crippen LogP contribution in [0, 0.1) is 0 Å². The van der Waals surface area contributed by atoms with Gasteiger partial charge in [0, 0.05) is 39.3 Å². The molecule has 5 nitrogen and oxygen atoms in total. The average Bonchev–Trinajstić information content (AvgIpc) is 4.08. The van der Waals surface area contributed by atoms with E-state index in [4.69, 9.17) is 28.9 Å². The summed E-state index contributed by atoms with van der Waals surface area (Å²) >= 11 is 11.2. The van der Waals surface area contributed by atoms with Crippen LogP contribution in [0.15, 0.2) is 249 Å². The molecule has 4 N–H and O–H groups in total. The van der Waals surface area contributed by atoms with Crippen LogP contribution in [0.5, 0.6) is 0 Å². The summed E-state index contributed by atoms with van der Waals surface area (Å²) in [5.74, 6) is 2.06. The van der Waals surface area contributed by atoms with Crippen molar-refractivity contribution in [1.29, 1.82) is 0 Å². The van der Waals surface area contributed by atoms with Gasteiger partial charge in [-0.3, -0.25) is 0 Å². The van der Waals surface area contributed by atoms with E-state index in [1.54, 1.807) is 12.1 Å². The summed E-state index contributed by atoms with van der Waals surface area (Å²) in [7, 11) is 0. The van der Waals surface area contributed by atoms with Crippen LogP contribution >= 0.6 is 23.2 Å². The first-order chi connectivity index (χ1) is 39.7. The second-order valence-corrected chi connectivity index (χ2v) is 22.6. The first-order valence-corrected chi connectivity index (χ1v) is 29.4. The fourth-order valence-corrected chi connectivity index (χ4v) is 10.3. The highest BCUT2D eigenvalue weighted by Gasteiger charge is 2.31. The van der Waals surface area contributed by atoms with Crippen molar-refractivity contribution in [3.63, 3.8) is 0 Å². The molecule has 1 heterocycles. The molecule has 0 unspecified atom stereocenters. The maximum Gasteiger partial charge on any atom is 0.244 e. The molecule has 1 aliphatic heterocycles. The van der Waals surface area contributed by atoms with Crippen molar-refractivity contribution < 1.29 is 17.0 Å². The normalized spacial score (nSPS) is 11.6. The maximum atomic E-state index is 5.60. The molecule has 0 radical (unpaired) electrons. The molecule has 10 aromatic carbocycles. The van der Waals surface area contributed by atoms with Crippen LogP contribution in [-0.4, -0.2) is 24.0 Å². The molecule has 10 aromatic rings. The van der Waals surface area contributed by atoms with Crippen LogP contribution in [0.25, 0.3) is 33.4 Å². The van der Waals surface area contributed by atoms with E-state index in [0.29, 0.717) is 33.7 Å². The van der Waals surface area contributed by atoms with Crippen molar-refractivity contribution >= 4 is 69.4 Å². The zero-order valence-electron chi connectivity index (χ0n) is 49.1. The van der Waals surface area contributed by atoms with Gasteiger partial charge in [-0.1, -0.05) is 267 Å². The lowest BCUT2D eigenvalue weighted by Crippen LogP contribution is -3.00. The van der Waals surface area contributed by atoms with Crippen LogP contribution in [-0.2, 0) is 0 Å². The highest BCUT2D eigenvalue weighted by Crippen LogP contribution is 2.39. The average molecular weight is 1160 g/mol. The Bertz CT molecular complexity index is 3420. The topological polar surface area (TPSA) is 56.3 Å². The highest BCUT2D eigenvalue weighted by atomic mass is 35.5. The molecular formula is C75H78Cl3N5. The van der Waals surface area contributed by atoms with E-state index < -0.39 is 0 Å². The van der Waals surface area contributed by atoms with E-state index in [-0.39, 0.29) is 12.4 Å². The quantitative estimate of drug-likeness (QED) is 0.0795. The number of halogens is 3. The summed E-state index contributed by atoms with van der Waals surface area (Å²) in [5.41, 5.74) is 26.5. The second-order valence-electron chi connectivity index (χ2n) is 21.8. The lowest BCUT2D eigenvalue weighted by molar-refractivity contribution is -0.425. The molecule has 0 aliphatic carbocycles. The van der Waals surface area contributed by atoms with Gasteiger partial charge in [-0.15, -0.1) is 0 Å². The van der Waals surface area contributed by atoms with Crippen LogP contribution in [0.1, 0.15) is 101 Å². The number of nitrogen functional groups attached to an aromatic ring is 1. The van der Waals surface area contributed by atoms with E-state index in [0.717, 1.165) is 41.5 Å². The third-order valence-corrected chi connectivity index (χ3v) is 15.2. The van der Waals surface area contributed by atoms with Crippen molar-refractivity contribution in [1.82, 2.24) is 0 Å². The van der Waals surface area contributed by atoms with Gasteiger partial charge < -0.3 is 28.8 Å². The number of rotatable bonds is 13. The fraction of sp³-hybridized carbons (Fsp3) is 0.187. The van der Waals surface area contributed by atoms with Gasteiger partial charge in [0.1, 0.15) is 24.5 Å². The number of nitrogens with two attached hydrogens (primary N) is 1. The molecule has 0 amide bonds. The number of para-hydroxylation sites is 4. The molecule has 0 atom stereocenters. The lowest BCUT2D eigenvalue weighted by Gasteiger charge is -2.20. The van der Waals surface area contributed by atoms with Gasteiger partial charge in [-0.05, 0) is 118 Å². The van der Waals surface area contributed by atoms with Crippen molar-refractivity contribution in [2.45, 2.75) is 79.1 Å². The number of nitrogens with one attached hydrogen (secondary N) is 2. The van der Waals surface area contributed by atoms with Gasteiger partial charge in [-0.25, -0.2) is 9.48 Å². The maximum absolute atomic E-state index is 5.60. The minimum atomic E-state index is 0. The Balaban J connectivity index is 0.000000177. The minimum Gasteiger partial charge on any atom is -1.00 e. The Morgan fingerprint density at radius 2 is 0.687 bits per heavy atom. The summed E-state index contributed by atoms with van der Waals surface area (Å²) in [6.45, 7) is 20.5. The molecule has 0 fully saturated rings. The number of nitrogens with zero attached hydrogens (tertiary/aromatic N) is 2. The number of anilines is 6. The molecule has 11 rings (SSSR count). The van der Waals surface area contributed by atoms with Gasteiger partial charge in [0.15, 0.2) is 0 Å². The molecule has 0 saturated carbocycles. The summed E-state index contributed by atoms with van der Waals surface area (Å²) in [6, 6.07) is 85.2. The van der Waals surface area contributed by atoms with E-state index in [1.165, 1.54) is 67.0 Å². The van der Waals surface area contributed by atoms with Crippen molar-refractivity contribution in [2.24, 2.45) is 0 Å². The van der Waals surface area contributed by atoms with E-state index >= 15 is 0 Å². The zero-order valence-corrected chi connectivity index (χ0v) is 51.3. The fourth-order valence-electron chi connectivity index (χ4n) is 10.0. The van der Waals surface area contributed by atoms with E-state index in [2.05, 4.69) is 240 Å². The number of benzene rings is 10. The molecule has 1 aliphatic rings. The lowest BCUT2D eigenvalue weighted by atomic mass is 9.92. The summed E-state index contributed by atoms with van der Waals surface area (Å²) < 4.78 is 2.51. The third-order valence-electron chi connectivity index (χ3n) is 14.4. The molecule has 424 valence electrons. The standard InChI is InChI=1S/C30H24N2.C27H39N2.C12H11N.C6H4Cl2.ClH/c1-3-9-23(10-4-1)25-15-19-27(20-16-25)31-29-13-7-8-14-30(29)32-28-21-17-26(18-22-28)24-11-5-2-6-12-24;1-18(2)22-11-9-12-23(19(3)4)26(22)28-15-16-29(17-28)27-24(20(5)6)13-10-14-25(27)21(7)8;13-12-8-6-11(7-9-12)10-4-2-1-3-5-10;7-5-3-1-2-4-6(5)8;/h1-22,31-32H;9-14,17-21H,15-16H2,1-8H3;1-9H,13H2;1-4H;1H/q;+1;;;/p-1. The summed E-state index contributed by atoms with van der Waals surface area (Å²) in [5, 5.41) is 8.30. The molecule has 0 saturated heterocycles. The van der Waals surface area contributed by atoms with Gasteiger partial charge in [-0.2, -0.15) is 0 Å². The molecule has 83 heavy (non-hydrogen) atoms. The van der Waals surface area contributed by atoms with Crippen molar-refractivity contribution in [3.8, 4) is 33.4 Å². The molecule has 8 heteroatoms. The van der Waals surface area contributed by atoms with Crippen LogP contribution in [0.3, 0.4) is 0 Å². The smallest absolute Gasteiger partial charge is 0.244 e. The predicted octanol–water partition coefficient (Wildman–Crippen LogP) is 18.8. The number of hydrogen-bond donors (Lipinski definition) is 3. The van der Waals surface area contributed by atoms with E-state index in [1.807, 2.05) is 78.9 Å². The largest absolute Gasteiger partial charge is 1.00 e. The predicted molar refractivity (Wildman–Crippen MR) is 357 cm³/mol. The Kier molecular flexibility index (Phi) is 23.2. The molecule has 0 bridgehead atoms. The first-order valence-electron chi connectivity index (χ1n) is 28.6. The Morgan fingerprint density at radius 3 is 1.04 bits per heavy atom. The molecule has 0 spiro atoms. The van der Waals surface area contributed by atoms with E-state index in [9.17, 15) is 0 Å². The van der Waals surface area contributed by atoms with Gasteiger partial charge in [0.25, 0.3) is 0 Å². The Morgan fingerprint density at radius 1 is 0.373 bits per heavy atom. The Labute approximate surface area is 510 Å². The van der Waals surface area contributed by atoms with Crippen LogP contribution in [0.2, 0.25) is 10.0 Å². The zero-order chi connectivity index (χ0) is 58.0. The second kappa shape index (κ2) is 30.8. The van der Waals surface area contributed by atoms with Crippen molar-refractivity contribution in [3.05, 3.63) is 281 Å². The summed E-state index contributed by atoms with van der Waals surface area (Å²) in [6.07, 6.45) is 2.38.